The Hall–Kier alpha value is -0.560. The van der Waals surface area contributed by atoms with Crippen molar-refractivity contribution in [3.63, 3.8) is 0 Å². The Morgan fingerprint density at radius 1 is 1.43 bits per heavy atom. The Balaban J connectivity index is 1.98. The van der Waals surface area contributed by atoms with E-state index in [0.717, 1.165) is 25.7 Å². The molecule has 1 heterocycles. The van der Waals surface area contributed by atoms with Crippen LogP contribution in [0, 0.1) is 0 Å². The predicted octanol–water partition coefficient (Wildman–Crippen LogP) is 2.61. The minimum Gasteiger partial charge on any atom is -0.480 e. The van der Waals surface area contributed by atoms with Crippen molar-refractivity contribution in [2.75, 3.05) is 12.0 Å². The van der Waals surface area contributed by atoms with Crippen molar-refractivity contribution in [3.05, 3.63) is 0 Å². The Morgan fingerprint density at radius 2 is 2.19 bits per heavy atom. The van der Waals surface area contributed by atoms with Crippen LogP contribution >= 0.6 is 23.5 Å². The van der Waals surface area contributed by atoms with Crippen molar-refractivity contribution in [2.24, 2.45) is 0 Å². The Labute approximate surface area is 134 Å². The number of hydrogen-bond donors (Lipinski definition) is 2. The maximum Gasteiger partial charge on any atom is 0.327 e. The van der Waals surface area contributed by atoms with Gasteiger partial charge in [-0.05, 0) is 31.9 Å². The van der Waals surface area contributed by atoms with Crippen LogP contribution < -0.4 is 5.32 Å². The summed E-state index contributed by atoms with van der Waals surface area (Å²) in [6, 6.07) is -0.716. The molecule has 7 heteroatoms. The van der Waals surface area contributed by atoms with E-state index in [-0.39, 0.29) is 17.4 Å². The third kappa shape index (κ3) is 4.00. The van der Waals surface area contributed by atoms with Crippen molar-refractivity contribution < 1.29 is 14.7 Å². The molecule has 0 spiro atoms. The van der Waals surface area contributed by atoms with E-state index in [9.17, 15) is 14.7 Å². The minimum atomic E-state index is -0.903. The van der Waals surface area contributed by atoms with Crippen LogP contribution in [0.2, 0.25) is 0 Å². The van der Waals surface area contributed by atoms with Crippen LogP contribution in [-0.4, -0.2) is 56.7 Å². The molecule has 4 unspecified atom stereocenters. The highest BCUT2D eigenvalue weighted by atomic mass is 32.2. The number of thioether (sulfide) groups is 2. The van der Waals surface area contributed by atoms with Gasteiger partial charge in [0.2, 0.25) is 0 Å². The first-order chi connectivity index (χ1) is 10.1. The van der Waals surface area contributed by atoms with Gasteiger partial charge in [-0.15, -0.1) is 11.8 Å². The molecule has 1 aliphatic carbocycles. The standard InChI is InChI=1S/C14H24N2O3S2/c1-3-12-16(11(8-21-12)13(17)18)14(19)15-9-5-4-6-10(7-9)20-2/h9-12H,3-8H2,1-2H3,(H,15,19)(H,17,18). The Bertz CT molecular complexity index is 394. The van der Waals surface area contributed by atoms with Gasteiger partial charge in [-0.2, -0.15) is 11.8 Å². The summed E-state index contributed by atoms with van der Waals surface area (Å²) < 4.78 is 0. The van der Waals surface area contributed by atoms with Crippen LogP contribution in [0.4, 0.5) is 4.79 Å². The van der Waals surface area contributed by atoms with Crippen molar-refractivity contribution in [3.8, 4) is 0 Å². The molecule has 21 heavy (non-hydrogen) atoms. The number of urea groups is 1. The maximum absolute atomic E-state index is 12.5. The zero-order chi connectivity index (χ0) is 15.4. The molecule has 4 atom stereocenters. The topological polar surface area (TPSA) is 69.6 Å². The molecule has 2 aliphatic rings. The molecule has 5 nitrogen and oxygen atoms in total. The lowest BCUT2D eigenvalue weighted by molar-refractivity contribution is -0.141. The molecule has 2 amide bonds. The van der Waals surface area contributed by atoms with Gasteiger partial charge in [-0.3, -0.25) is 4.90 Å². The highest BCUT2D eigenvalue weighted by Crippen LogP contribution is 2.32. The largest absolute Gasteiger partial charge is 0.480 e. The van der Waals surface area contributed by atoms with Crippen molar-refractivity contribution >= 4 is 35.5 Å². The van der Waals surface area contributed by atoms with E-state index in [0.29, 0.717) is 11.0 Å². The molecule has 0 aromatic heterocycles. The summed E-state index contributed by atoms with van der Waals surface area (Å²) in [5.74, 6) is -0.418. The Kier molecular flexibility index (Phi) is 6.10. The van der Waals surface area contributed by atoms with Gasteiger partial charge in [0.25, 0.3) is 0 Å². The second-order valence-electron chi connectivity index (χ2n) is 5.63. The average molecular weight is 332 g/mol. The zero-order valence-electron chi connectivity index (χ0n) is 12.6. The minimum absolute atomic E-state index is 0.0222. The highest BCUT2D eigenvalue weighted by molar-refractivity contribution is 8.00. The molecule has 2 rings (SSSR count). The highest BCUT2D eigenvalue weighted by Gasteiger charge is 2.41. The van der Waals surface area contributed by atoms with E-state index in [2.05, 4.69) is 11.6 Å². The summed E-state index contributed by atoms with van der Waals surface area (Å²) in [6.45, 7) is 1.99. The number of carbonyl (C=O) groups excluding carboxylic acids is 1. The monoisotopic (exact) mass is 332 g/mol. The van der Waals surface area contributed by atoms with Crippen LogP contribution in [0.1, 0.15) is 39.0 Å². The SMILES string of the molecule is CCC1SCC(C(=O)O)N1C(=O)NC1CCCC(SC)C1. The molecule has 0 aromatic rings. The number of carboxylic acids is 1. The van der Waals surface area contributed by atoms with E-state index in [4.69, 9.17) is 0 Å². The second kappa shape index (κ2) is 7.63. The lowest BCUT2D eigenvalue weighted by atomic mass is 9.95. The van der Waals surface area contributed by atoms with Gasteiger partial charge in [0.15, 0.2) is 0 Å². The lowest BCUT2D eigenvalue weighted by Gasteiger charge is -2.32. The molecule has 1 aliphatic heterocycles. The number of amides is 2. The van der Waals surface area contributed by atoms with Crippen LogP contribution in [-0.2, 0) is 4.79 Å². The quantitative estimate of drug-likeness (QED) is 0.828. The molecular formula is C14H24N2O3S2. The molecule has 0 aromatic carbocycles. The number of nitrogens with zero attached hydrogens (tertiary/aromatic N) is 1. The van der Waals surface area contributed by atoms with Gasteiger partial charge in [-0.25, -0.2) is 9.59 Å². The number of aliphatic carboxylic acids is 1. The summed E-state index contributed by atoms with van der Waals surface area (Å²) in [5.41, 5.74) is 0. The molecule has 1 saturated carbocycles. The summed E-state index contributed by atoms with van der Waals surface area (Å²) in [6.07, 6.45) is 7.22. The molecule has 0 bridgehead atoms. The van der Waals surface area contributed by atoms with E-state index >= 15 is 0 Å². The van der Waals surface area contributed by atoms with Crippen molar-refractivity contribution in [1.29, 1.82) is 0 Å². The fourth-order valence-corrected chi connectivity index (χ4v) is 5.25. The lowest BCUT2D eigenvalue weighted by Crippen LogP contribution is -2.53. The van der Waals surface area contributed by atoms with Crippen LogP contribution in [0.25, 0.3) is 0 Å². The van der Waals surface area contributed by atoms with Crippen LogP contribution in [0.3, 0.4) is 0 Å². The fraction of sp³-hybridized carbons (Fsp3) is 0.857. The summed E-state index contributed by atoms with van der Waals surface area (Å²) in [4.78, 5) is 25.4. The van der Waals surface area contributed by atoms with Gasteiger partial charge < -0.3 is 10.4 Å². The zero-order valence-corrected chi connectivity index (χ0v) is 14.2. The molecule has 2 fully saturated rings. The van der Waals surface area contributed by atoms with E-state index in [1.165, 1.54) is 11.3 Å². The first-order valence-electron chi connectivity index (χ1n) is 7.52. The van der Waals surface area contributed by atoms with Crippen LogP contribution in [0.5, 0.6) is 0 Å². The third-order valence-electron chi connectivity index (χ3n) is 4.25. The normalized spacial score (nSPS) is 33.0. The summed E-state index contributed by atoms with van der Waals surface area (Å²) >= 11 is 3.42. The molecule has 0 radical (unpaired) electrons. The second-order valence-corrected chi connectivity index (χ2v) is 7.98. The smallest absolute Gasteiger partial charge is 0.327 e. The maximum atomic E-state index is 12.5. The Morgan fingerprint density at radius 3 is 2.81 bits per heavy atom. The van der Waals surface area contributed by atoms with Gasteiger partial charge in [0.05, 0.1) is 5.37 Å². The van der Waals surface area contributed by atoms with E-state index in [1.807, 2.05) is 18.7 Å². The molecule has 1 saturated heterocycles. The first kappa shape index (κ1) is 16.8. The van der Waals surface area contributed by atoms with Crippen LogP contribution in [0.15, 0.2) is 0 Å². The summed E-state index contributed by atoms with van der Waals surface area (Å²) in [5, 5.41) is 12.9. The number of hydrogen-bond acceptors (Lipinski definition) is 4. The van der Waals surface area contributed by atoms with Crippen molar-refractivity contribution in [1.82, 2.24) is 10.2 Å². The number of carbonyl (C=O) groups is 2. The van der Waals surface area contributed by atoms with E-state index < -0.39 is 12.0 Å². The summed E-state index contributed by atoms with van der Waals surface area (Å²) in [7, 11) is 0. The van der Waals surface area contributed by atoms with Crippen molar-refractivity contribution in [2.45, 2.75) is 61.7 Å². The molecule has 120 valence electrons. The van der Waals surface area contributed by atoms with Gasteiger partial charge in [0, 0.05) is 17.0 Å². The van der Waals surface area contributed by atoms with E-state index in [1.54, 1.807) is 11.8 Å². The van der Waals surface area contributed by atoms with Gasteiger partial charge in [-0.1, -0.05) is 13.3 Å². The number of rotatable bonds is 4. The molecule has 2 N–H and O–H groups in total. The predicted molar refractivity (Wildman–Crippen MR) is 87.9 cm³/mol. The number of carboxylic acid groups (broad SMARTS) is 1. The van der Waals surface area contributed by atoms with Gasteiger partial charge >= 0.3 is 12.0 Å². The number of nitrogens with one attached hydrogen (secondary N) is 1. The fourth-order valence-electron chi connectivity index (χ4n) is 3.08. The molecular weight excluding hydrogens is 308 g/mol. The first-order valence-corrected chi connectivity index (χ1v) is 9.86. The van der Waals surface area contributed by atoms with Gasteiger partial charge in [0.1, 0.15) is 6.04 Å². The average Bonchev–Trinajstić information content (AvgIpc) is 2.91. The third-order valence-corrected chi connectivity index (χ3v) is 6.80.